The fourth-order valence-corrected chi connectivity index (χ4v) is 3.71. The van der Waals surface area contributed by atoms with Gasteiger partial charge in [-0.3, -0.25) is 19.8 Å². The first-order valence-electron chi connectivity index (χ1n) is 9.08. The maximum absolute atomic E-state index is 12.6. The second-order valence-electron chi connectivity index (χ2n) is 7.07. The van der Waals surface area contributed by atoms with E-state index in [1.54, 1.807) is 12.1 Å². The molecule has 0 spiro atoms. The molecule has 2 fully saturated rings. The molecule has 2 aliphatic heterocycles. The van der Waals surface area contributed by atoms with Crippen LogP contribution in [-0.4, -0.2) is 78.7 Å². The Morgan fingerprint density at radius 2 is 1.77 bits per heavy atom. The molecule has 0 saturated carbocycles. The highest BCUT2D eigenvalue weighted by Crippen LogP contribution is 2.28. The number of benzene rings is 1. The van der Waals surface area contributed by atoms with Crippen LogP contribution in [0.3, 0.4) is 0 Å². The van der Waals surface area contributed by atoms with Gasteiger partial charge in [0.05, 0.1) is 23.7 Å². The number of hydrogen-bond donors (Lipinski definition) is 0. The van der Waals surface area contributed by atoms with E-state index >= 15 is 0 Å². The van der Waals surface area contributed by atoms with Crippen molar-refractivity contribution in [1.29, 1.82) is 0 Å². The Kier molecular flexibility index (Phi) is 5.73. The number of amides is 1. The maximum atomic E-state index is 12.6. The molecule has 0 aliphatic carbocycles. The number of rotatable bonds is 4. The summed E-state index contributed by atoms with van der Waals surface area (Å²) >= 11 is 0. The van der Waals surface area contributed by atoms with Crippen LogP contribution in [0.25, 0.3) is 0 Å². The Labute approximate surface area is 153 Å². The number of piperazine rings is 1. The summed E-state index contributed by atoms with van der Waals surface area (Å²) in [6.45, 7) is 8.42. The van der Waals surface area contributed by atoms with Crippen molar-refractivity contribution in [2.24, 2.45) is 0 Å². The second-order valence-corrected chi connectivity index (χ2v) is 7.07. The smallest absolute Gasteiger partial charge is 0.292 e. The van der Waals surface area contributed by atoms with Gasteiger partial charge in [-0.2, -0.15) is 0 Å². The summed E-state index contributed by atoms with van der Waals surface area (Å²) in [5.41, 5.74) is 0.785. The molecule has 1 aromatic carbocycles. The second kappa shape index (κ2) is 8.01. The molecular formula is C18H26N4O4. The number of carbonyl (C=O) groups excluding carboxylic acids is 1. The van der Waals surface area contributed by atoms with E-state index in [0.29, 0.717) is 51.5 Å². The van der Waals surface area contributed by atoms with Crippen LogP contribution in [0.4, 0.5) is 11.4 Å². The Bertz CT molecular complexity index is 650. The molecule has 2 heterocycles. The molecular weight excluding hydrogens is 336 g/mol. The van der Waals surface area contributed by atoms with Crippen LogP contribution in [-0.2, 0) is 9.53 Å². The van der Waals surface area contributed by atoms with E-state index in [1.165, 1.54) is 6.07 Å². The monoisotopic (exact) mass is 362 g/mol. The molecule has 1 amide bonds. The summed E-state index contributed by atoms with van der Waals surface area (Å²) in [6, 6.07) is 6.82. The largest absolute Gasteiger partial charge is 0.372 e. The van der Waals surface area contributed by atoms with Gasteiger partial charge in [0.25, 0.3) is 5.69 Å². The van der Waals surface area contributed by atoms with Crippen molar-refractivity contribution in [3.8, 4) is 0 Å². The fourth-order valence-electron chi connectivity index (χ4n) is 3.71. The van der Waals surface area contributed by atoms with E-state index in [0.717, 1.165) is 0 Å². The Morgan fingerprint density at radius 3 is 2.38 bits per heavy atom. The molecule has 2 atom stereocenters. The molecule has 3 rings (SSSR count). The van der Waals surface area contributed by atoms with Gasteiger partial charge < -0.3 is 14.5 Å². The van der Waals surface area contributed by atoms with Crippen LogP contribution in [0.1, 0.15) is 13.8 Å². The van der Waals surface area contributed by atoms with Crippen LogP contribution in [0.5, 0.6) is 0 Å². The highest BCUT2D eigenvalue weighted by Gasteiger charge is 2.28. The molecule has 0 aromatic heterocycles. The molecule has 26 heavy (non-hydrogen) atoms. The quantitative estimate of drug-likeness (QED) is 0.594. The average Bonchev–Trinajstić information content (AvgIpc) is 2.61. The van der Waals surface area contributed by atoms with E-state index in [2.05, 4.69) is 4.90 Å². The number of nitro benzene ring substituents is 1. The zero-order chi connectivity index (χ0) is 18.7. The Balaban J connectivity index is 1.54. The predicted molar refractivity (Wildman–Crippen MR) is 98.3 cm³/mol. The molecule has 2 aliphatic rings. The summed E-state index contributed by atoms with van der Waals surface area (Å²) in [7, 11) is 0. The van der Waals surface area contributed by atoms with Crippen LogP contribution in [0.2, 0.25) is 0 Å². The molecule has 2 unspecified atom stereocenters. The Morgan fingerprint density at radius 1 is 1.15 bits per heavy atom. The number of morpholine rings is 1. The standard InChI is InChI=1S/C18H26N4O4/c1-14-11-21(12-15(2)26-14)18(23)13-19-7-9-20(10-8-19)16-5-3-4-6-17(16)22(24)25/h3-6,14-15H,7-13H2,1-2H3. The van der Waals surface area contributed by atoms with Gasteiger partial charge in [-0.1, -0.05) is 12.1 Å². The van der Waals surface area contributed by atoms with Crippen molar-refractivity contribution >= 4 is 17.3 Å². The van der Waals surface area contributed by atoms with Crippen molar-refractivity contribution in [2.45, 2.75) is 26.1 Å². The van der Waals surface area contributed by atoms with Gasteiger partial charge in [0, 0.05) is 45.3 Å². The third kappa shape index (κ3) is 4.31. The van der Waals surface area contributed by atoms with E-state index in [4.69, 9.17) is 4.74 Å². The average molecular weight is 362 g/mol. The van der Waals surface area contributed by atoms with Crippen molar-refractivity contribution in [1.82, 2.24) is 9.80 Å². The lowest BCUT2D eigenvalue weighted by molar-refractivity contribution is -0.384. The van der Waals surface area contributed by atoms with Gasteiger partial charge in [-0.15, -0.1) is 0 Å². The summed E-state index contributed by atoms with van der Waals surface area (Å²) in [4.78, 5) is 29.5. The number of nitro groups is 1. The Hall–Kier alpha value is -2.19. The first-order chi connectivity index (χ1) is 12.4. The lowest BCUT2D eigenvalue weighted by atomic mass is 10.2. The summed E-state index contributed by atoms with van der Waals surface area (Å²) < 4.78 is 5.68. The molecule has 0 radical (unpaired) electrons. The fraction of sp³-hybridized carbons (Fsp3) is 0.611. The van der Waals surface area contributed by atoms with Crippen molar-refractivity contribution < 1.29 is 14.5 Å². The number of anilines is 1. The first-order valence-corrected chi connectivity index (χ1v) is 9.08. The van der Waals surface area contributed by atoms with Gasteiger partial charge in [-0.05, 0) is 19.9 Å². The van der Waals surface area contributed by atoms with Crippen molar-refractivity contribution in [2.75, 3.05) is 50.7 Å². The highest BCUT2D eigenvalue weighted by atomic mass is 16.6. The van der Waals surface area contributed by atoms with Crippen LogP contribution in [0, 0.1) is 10.1 Å². The van der Waals surface area contributed by atoms with Gasteiger partial charge >= 0.3 is 0 Å². The van der Waals surface area contributed by atoms with E-state index in [1.807, 2.05) is 29.7 Å². The normalized spacial score (nSPS) is 24.5. The first kappa shape index (κ1) is 18.6. The summed E-state index contributed by atoms with van der Waals surface area (Å²) in [6.07, 6.45) is 0.136. The van der Waals surface area contributed by atoms with Crippen LogP contribution >= 0.6 is 0 Å². The topological polar surface area (TPSA) is 79.2 Å². The number of carbonyl (C=O) groups is 1. The minimum atomic E-state index is -0.341. The lowest BCUT2D eigenvalue weighted by Crippen LogP contribution is -2.54. The molecule has 8 heteroatoms. The zero-order valence-electron chi connectivity index (χ0n) is 15.3. The van der Waals surface area contributed by atoms with E-state index < -0.39 is 0 Å². The van der Waals surface area contributed by atoms with Crippen LogP contribution < -0.4 is 4.90 Å². The minimum Gasteiger partial charge on any atom is -0.372 e. The number of hydrogen-bond acceptors (Lipinski definition) is 6. The maximum Gasteiger partial charge on any atom is 0.292 e. The lowest BCUT2D eigenvalue weighted by Gasteiger charge is -2.38. The van der Waals surface area contributed by atoms with Gasteiger partial charge in [-0.25, -0.2) is 0 Å². The van der Waals surface area contributed by atoms with Crippen LogP contribution in [0.15, 0.2) is 24.3 Å². The predicted octanol–water partition coefficient (Wildman–Crippen LogP) is 1.35. The SMILES string of the molecule is CC1CN(C(=O)CN2CCN(c3ccccc3[N+](=O)[O-])CC2)CC(C)O1. The van der Waals surface area contributed by atoms with Crippen molar-refractivity contribution in [3.63, 3.8) is 0 Å². The third-order valence-electron chi connectivity index (χ3n) is 4.92. The zero-order valence-corrected chi connectivity index (χ0v) is 15.3. The van der Waals surface area contributed by atoms with Crippen molar-refractivity contribution in [3.05, 3.63) is 34.4 Å². The van der Waals surface area contributed by atoms with E-state index in [9.17, 15) is 14.9 Å². The minimum absolute atomic E-state index is 0.0678. The third-order valence-corrected chi connectivity index (χ3v) is 4.92. The summed E-state index contributed by atoms with van der Waals surface area (Å²) in [5, 5.41) is 11.2. The van der Waals surface area contributed by atoms with E-state index in [-0.39, 0.29) is 28.7 Å². The molecule has 142 valence electrons. The molecule has 0 N–H and O–H groups in total. The molecule has 8 nitrogen and oxygen atoms in total. The molecule has 1 aromatic rings. The molecule has 0 bridgehead atoms. The number of nitrogens with zero attached hydrogens (tertiary/aromatic N) is 4. The molecule has 2 saturated heterocycles. The number of ether oxygens (including phenoxy) is 1. The van der Waals surface area contributed by atoms with Gasteiger partial charge in [0.2, 0.25) is 5.91 Å². The number of para-hydroxylation sites is 2. The highest BCUT2D eigenvalue weighted by molar-refractivity contribution is 5.78. The van der Waals surface area contributed by atoms with Gasteiger partial charge in [0.15, 0.2) is 0 Å². The summed E-state index contributed by atoms with van der Waals surface area (Å²) in [5.74, 6) is 0.131. The van der Waals surface area contributed by atoms with Gasteiger partial charge in [0.1, 0.15) is 5.69 Å².